The number of hydrogen-bond donors (Lipinski definition) is 1. The highest BCUT2D eigenvalue weighted by molar-refractivity contribution is 7.98. The molecule has 0 amide bonds. The third-order valence-electron chi connectivity index (χ3n) is 2.32. The second-order valence-corrected chi connectivity index (χ2v) is 4.93. The van der Waals surface area contributed by atoms with Crippen molar-refractivity contribution in [2.45, 2.75) is 30.5 Å². The Balaban J connectivity index is 2.01. The van der Waals surface area contributed by atoms with Crippen molar-refractivity contribution in [1.82, 2.24) is 10.1 Å². The summed E-state index contributed by atoms with van der Waals surface area (Å²) in [6.07, 6.45) is 0. The number of hydrogen-bond acceptors (Lipinski definition) is 5. The van der Waals surface area contributed by atoms with Gasteiger partial charge in [0, 0.05) is 17.9 Å². The van der Waals surface area contributed by atoms with Crippen molar-refractivity contribution in [3.05, 3.63) is 41.5 Å². The normalized spacial score (nSPS) is 12.6. The third-order valence-corrected chi connectivity index (χ3v) is 3.31. The number of nitrogens with two attached hydrogens (primary N) is 1. The number of aromatic nitrogens is 2. The molecule has 0 saturated heterocycles. The number of aryl methyl sites for hydroxylation is 1. The molecule has 1 heterocycles. The molecule has 0 fully saturated rings. The summed E-state index contributed by atoms with van der Waals surface area (Å²) >= 11 is 1.68. The lowest BCUT2D eigenvalue weighted by molar-refractivity contribution is 0.389. The van der Waals surface area contributed by atoms with Gasteiger partial charge in [-0.2, -0.15) is 4.98 Å². The van der Waals surface area contributed by atoms with E-state index in [0.29, 0.717) is 11.6 Å². The molecule has 0 aliphatic carbocycles. The molecule has 2 rings (SSSR count). The van der Waals surface area contributed by atoms with Crippen LogP contribution in [0.15, 0.2) is 33.7 Å². The van der Waals surface area contributed by atoms with E-state index in [1.54, 1.807) is 18.7 Å². The maximum absolute atomic E-state index is 5.84. The molecule has 2 aromatic rings. The van der Waals surface area contributed by atoms with Crippen LogP contribution in [0, 0.1) is 6.92 Å². The van der Waals surface area contributed by atoms with Crippen molar-refractivity contribution < 1.29 is 4.52 Å². The molecular formula is C12H15N3OS. The Hall–Kier alpha value is -1.33. The van der Waals surface area contributed by atoms with Gasteiger partial charge in [0.25, 0.3) is 0 Å². The fraction of sp³-hybridized carbons (Fsp3) is 0.333. The Morgan fingerprint density at radius 2 is 2.29 bits per heavy atom. The Morgan fingerprint density at radius 3 is 2.94 bits per heavy atom. The van der Waals surface area contributed by atoms with Gasteiger partial charge in [-0.15, -0.1) is 11.8 Å². The van der Waals surface area contributed by atoms with E-state index in [0.717, 1.165) is 11.4 Å². The molecule has 0 radical (unpaired) electrons. The van der Waals surface area contributed by atoms with Gasteiger partial charge < -0.3 is 10.3 Å². The van der Waals surface area contributed by atoms with Crippen LogP contribution in [0.4, 0.5) is 0 Å². The maximum Gasteiger partial charge on any atom is 0.223 e. The number of nitrogens with zero attached hydrogens (tertiary/aromatic N) is 2. The monoisotopic (exact) mass is 249 g/mol. The van der Waals surface area contributed by atoms with Crippen molar-refractivity contribution >= 4 is 11.8 Å². The zero-order chi connectivity index (χ0) is 12.3. The van der Waals surface area contributed by atoms with Crippen LogP contribution >= 0.6 is 11.8 Å². The number of rotatable bonds is 4. The molecule has 1 atom stereocenters. The molecular weight excluding hydrogens is 234 g/mol. The molecule has 0 bridgehead atoms. The summed E-state index contributed by atoms with van der Waals surface area (Å²) in [6.45, 7) is 3.77. The predicted molar refractivity (Wildman–Crippen MR) is 67.6 cm³/mol. The SMILES string of the molecule is Cc1nc(CSc2cccc(C(C)N)c2)no1. The summed E-state index contributed by atoms with van der Waals surface area (Å²) in [7, 11) is 0. The van der Waals surface area contributed by atoms with Crippen molar-refractivity contribution in [3.8, 4) is 0 Å². The molecule has 0 saturated carbocycles. The van der Waals surface area contributed by atoms with Gasteiger partial charge >= 0.3 is 0 Å². The van der Waals surface area contributed by atoms with Crippen molar-refractivity contribution in [1.29, 1.82) is 0 Å². The number of thioether (sulfide) groups is 1. The largest absolute Gasteiger partial charge is 0.340 e. The first-order valence-electron chi connectivity index (χ1n) is 5.42. The summed E-state index contributed by atoms with van der Waals surface area (Å²) < 4.78 is 4.92. The van der Waals surface area contributed by atoms with Crippen LogP contribution in [0.3, 0.4) is 0 Å². The molecule has 1 unspecified atom stereocenters. The summed E-state index contributed by atoms with van der Waals surface area (Å²) in [5.74, 6) is 2.03. The molecule has 1 aromatic heterocycles. The second kappa shape index (κ2) is 5.33. The van der Waals surface area contributed by atoms with Gasteiger partial charge in [0.15, 0.2) is 5.82 Å². The van der Waals surface area contributed by atoms with Gasteiger partial charge in [-0.3, -0.25) is 0 Å². The third kappa shape index (κ3) is 3.31. The summed E-state index contributed by atoms with van der Waals surface area (Å²) in [4.78, 5) is 5.33. The Morgan fingerprint density at radius 1 is 1.47 bits per heavy atom. The molecule has 0 aliphatic rings. The highest BCUT2D eigenvalue weighted by Gasteiger charge is 2.05. The van der Waals surface area contributed by atoms with Gasteiger partial charge in [0.05, 0.1) is 5.75 Å². The fourth-order valence-electron chi connectivity index (χ4n) is 1.44. The van der Waals surface area contributed by atoms with E-state index in [4.69, 9.17) is 10.3 Å². The minimum Gasteiger partial charge on any atom is -0.340 e. The lowest BCUT2D eigenvalue weighted by Gasteiger charge is -2.07. The Bertz CT molecular complexity index is 496. The first-order chi connectivity index (χ1) is 8.15. The van der Waals surface area contributed by atoms with E-state index in [9.17, 15) is 0 Å². The molecule has 5 heteroatoms. The van der Waals surface area contributed by atoms with Crippen LogP contribution < -0.4 is 5.73 Å². The minimum atomic E-state index is 0.0583. The van der Waals surface area contributed by atoms with Crippen LogP contribution in [-0.4, -0.2) is 10.1 Å². The van der Waals surface area contributed by atoms with Crippen molar-refractivity contribution in [2.75, 3.05) is 0 Å². The van der Waals surface area contributed by atoms with Crippen LogP contribution in [0.5, 0.6) is 0 Å². The lowest BCUT2D eigenvalue weighted by Crippen LogP contribution is -2.04. The van der Waals surface area contributed by atoms with Gasteiger partial charge in [-0.05, 0) is 24.6 Å². The molecule has 1 aromatic carbocycles. The average molecular weight is 249 g/mol. The smallest absolute Gasteiger partial charge is 0.223 e. The average Bonchev–Trinajstić information content (AvgIpc) is 2.73. The van der Waals surface area contributed by atoms with Gasteiger partial charge in [-0.1, -0.05) is 17.3 Å². The van der Waals surface area contributed by atoms with Crippen LogP contribution in [0.2, 0.25) is 0 Å². The van der Waals surface area contributed by atoms with Crippen molar-refractivity contribution in [2.24, 2.45) is 5.73 Å². The first-order valence-corrected chi connectivity index (χ1v) is 6.41. The van der Waals surface area contributed by atoms with E-state index < -0.39 is 0 Å². The van der Waals surface area contributed by atoms with Crippen LogP contribution in [0.1, 0.15) is 30.2 Å². The van der Waals surface area contributed by atoms with Crippen molar-refractivity contribution in [3.63, 3.8) is 0 Å². The zero-order valence-electron chi connectivity index (χ0n) is 9.88. The highest BCUT2D eigenvalue weighted by Crippen LogP contribution is 2.24. The molecule has 0 spiro atoms. The summed E-state index contributed by atoms with van der Waals surface area (Å²) in [5.41, 5.74) is 6.98. The minimum absolute atomic E-state index is 0.0583. The fourth-order valence-corrected chi connectivity index (χ4v) is 2.24. The van der Waals surface area contributed by atoms with E-state index in [2.05, 4.69) is 22.3 Å². The van der Waals surface area contributed by atoms with Crippen LogP contribution in [0.25, 0.3) is 0 Å². The van der Waals surface area contributed by atoms with E-state index in [-0.39, 0.29) is 6.04 Å². The molecule has 17 heavy (non-hydrogen) atoms. The van der Waals surface area contributed by atoms with Gasteiger partial charge in [0.1, 0.15) is 0 Å². The lowest BCUT2D eigenvalue weighted by atomic mass is 10.1. The topological polar surface area (TPSA) is 64.9 Å². The zero-order valence-corrected chi connectivity index (χ0v) is 10.7. The Labute approximate surface area is 105 Å². The van der Waals surface area contributed by atoms with Gasteiger partial charge in [0.2, 0.25) is 5.89 Å². The quantitative estimate of drug-likeness (QED) is 0.844. The standard InChI is InChI=1S/C12H15N3OS/c1-8(13)10-4-3-5-11(6-10)17-7-12-14-9(2)16-15-12/h3-6,8H,7,13H2,1-2H3. The highest BCUT2D eigenvalue weighted by atomic mass is 32.2. The van der Waals surface area contributed by atoms with E-state index in [1.165, 1.54) is 4.90 Å². The predicted octanol–water partition coefficient (Wildman–Crippen LogP) is 2.69. The molecule has 2 N–H and O–H groups in total. The second-order valence-electron chi connectivity index (χ2n) is 3.88. The van der Waals surface area contributed by atoms with Gasteiger partial charge in [-0.25, -0.2) is 0 Å². The Kier molecular flexibility index (Phi) is 3.81. The molecule has 90 valence electrons. The van der Waals surface area contributed by atoms with E-state index in [1.807, 2.05) is 19.1 Å². The van der Waals surface area contributed by atoms with E-state index >= 15 is 0 Å². The van der Waals surface area contributed by atoms with Crippen LogP contribution in [-0.2, 0) is 5.75 Å². The summed E-state index contributed by atoms with van der Waals surface area (Å²) in [5, 5.41) is 3.86. The first kappa shape index (κ1) is 12.1. The number of benzene rings is 1. The maximum atomic E-state index is 5.84. The molecule has 4 nitrogen and oxygen atoms in total. The summed E-state index contributed by atoms with van der Waals surface area (Å²) in [6, 6.07) is 8.27. The molecule has 0 aliphatic heterocycles.